The molecule has 4 heteroatoms. The van der Waals surface area contributed by atoms with Crippen LogP contribution in [0.15, 0.2) is 42.5 Å². The van der Waals surface area contributed by atoms with Gasteiger partial charge in [0.05, 0.1) is 5.60 Å². The summed E-state index contributed by atoms with van der Waals surface area (Å²) in [6.07, 6.45) is -0.0308. The van der Waals surface area contributed by atoms with Gasteiger partial charge >= 0.3 is 0 Å². The number of rotatable bonds is 3. The van der Waals surface area contributed by atoms with Crippen LogP contribution in [-0.2, 0) is 12.0 Å². The minimum atomic E-state index is -1.32. The second-order valence-corrected chi connectivity index (χ2v) is 5.11. The number of aliphatic hydroxyl groups is 1. The summed E-state index contributed by atoms with van der Waals surface area (Å²) < 4.78 is 26.8. The highest BCUT2D eigenvalue weighted by atomic mass is 35.5. The van der Waals surface area contributed by atoms with E-state index in [9.17, 15) is 13.9 Å². The van der Waals surface area contributed by atoms with Crippen LogP contribution in [0.4, 0.5) is 8.78 Å². The molecular weight excluding hydrogens is 270 g/mol. The van der Waals surface area contributed by atoms with Crippen molar-refractivity contribution in [2.24, 2.45) is 0 Å². The number of hydrogen-bond donors (Lipinski definition) is 1. The second kappa shape index (κ2) is 5.27. The summed E-state index contributed by atoms with van der Waals surface area (Å²) in [4.78, 5) is 0. The summed E-state index contributed by atoms with van der Waals surface area (Å²) in [5, 5.41) is 10.9. The fourth-order valence-electron chi connectivity index (χ4n) is 1.98. The van der Waals surface area contributed by atoms with Crippen LogP contribution in [0, 0.1) is 11.6 Å². The average molecular weight is 283 g/mol. The van der Waals surface area contributed by atoms with Gasteiger partial charge in [-0.2, -0.15) is 0 Å². The van der Waals surface area contributed by atoms with Gasteiger partial charge < -0.3 is 5.11 Å². The molecule has 0 heterocycles. The minimum absolute atomic E-state index is 0.0308. The standard InChI is InChI=1S/C15H13ClF2O/c1-15(19,11-5-3-6-12(16)8-11)9-10-4-2-7-13(17)14(10)18/h2-8,19H,9H2,1H3. The van der Waals surface area contributed by atoms with Gasteiger partial charge in [0.25, 0.3) is 0 Å². The first-order chi connectivity index (χ1) is 8.90. The van der Waals surface area contributed by atoms with Crippen molar-refractivity contribution in [1.82, 2.24) is 0 Å². The van der Waals surface area contributed by atoms with Gasteiger partial charge in [-0.05, 0) is 36.2 Å². The molecule has 0 aliphatic carbocycles. The molecule has 0 aliphatic heterocycles. The Kier molecular flexibility index (Phi) is 3.88. The fraction of sp³-hybridized carbons (Fsp3) is 0.200. The summed E-state index contributed by atoms with van der Waals surface area (Å²) in [5.74, 6) is -1.84. The van der Waals surface area contributed by atoms with Gasteiger partial charge in [0.1, 0.15) is 0 Å². The molecule has 100 valence electrons. The van der Waals surface area contributed by atoms with Gasteiger partial charge in [0.15, 0.2) is 11.6 Å². The van der Waals surface area contributed by atoms with Crippen molar-refractivity contribution >= 4 is 11.6 Å². The number of hydrogen-bond acceptors (Lipinski definition) is 1. The SMILES string of the molecule is CC(O)(Cc1cccc(F)c1F)c1cccc(Cl)c1. The maximum absolute atomic E-state index is 13.6. The lowest BCUT2D eigenvalue weighted by Gasteiger charge is -2.24. The zero-order valence-electron chi connectivity index (χ0n) is 10.3. The highest BCUT2D eigenvalue weighted by Gasteiger charge is 2.25. The molecule has 0 aliphatic rings. The highest BCUT2D eigenvalue weighted by Crippen LogP contribution is 2.28. The number of benzene rings is 2. The molecule has 1 nitrogen and oxygen atoms in total. The Bertz CT molecular complexity index is 596. The predicted octanol–water partition coefficient (Wildman–Crippen LogP) is 4.07. The van der Waals surface area contributed by atoms with Gasteiger partial charge in [0, 0.05) is 11.4 Å². The average Bonchev–Trinajstić information content (AvgIpc) is 2.35. The molecule has 0 fully saturated rings. The maximum Gasteiger partial charge on any atom is 0.162 e. The van der Waals surface area contributed by atoms with Gasteiger partial charge in [0.2, 0.25) is 0 Å². The van der Waals surface area contributed by atoms with Crippen LogP contribution in [0.2, 0.25) is 5.02 Å². The van der Waals surface area contributed by atoms with E-state index < -0.39 is 17.2 Å². The molecule has 2 aromatic carbocycles. The molecule has 1 unspecified atom stereocenters. The quantitative estimate of drug-likeness (QED) is 0.900. The topological polar surface area (TPSA) is 20.2 Å². The Hall–Kier alpha value is -1.45. The summed E-state index contributed by atoms with van der Waals surface area (Å²) in [6.45, 7) is 1.54. The lowest BCUT2D eigenvalue weighted by atomic mass is 9.89. The third-order valence-electron chi connectivity index (χ3n) is 3.01. The van der Waals surface area contributed by atoms with E-state index in [1.807, 2.05) is 0 Å². The van der Waals surface area contributed by atoms with Crippen molar-refractivity contribution in [3.05, 3.63) is 70.2 Å². The fourth-order valence-corrected chi connectivity index (χ4v) is 2.17. The van der Waals surface area contributed by atoms with Crippen molar-refractivity contribution in [3.8, 4) is 0 Å². The predicted molar refractivity (Wildman–Crippen MR) is 71.1 cm³/mol. The molecule has 19 heavy (non-hydrogen) atoms. The molecule has 0 radical (unpaired) electrons. The Balaban J connectivity index is 2.33. The first kappa shape index (κ1) is 14.0. The summed E-state index contributed by atoms with van der Waals surface area (Å²) in [5.41, 5.74) is -0.631. The second-order valence-electron chi connectivity index (χ2n) is 4.67. The van der Waals surface area contributed by atoms with Crippen molar-refractivity contribution in [3.63, 3.8) is 0 Å². The van der Waals surface area contributed by atoms with Crippen LogP contribution in [0.5, 0.6) is 0 Å². The molecule has 1 atom stereocenters. The van der Waals surface area contributed by atoms with E-state index in [0.29, 0.717) is 10.6 Å². The van der Waals surface area contributed by atoms with E-state index in [1.54, 1.807) is 31.2 Å². The Labute approximate surface area is 115 Å². The van der Waals surface area contributed by atoms with Crippen molar-refractivity contribution < 1.29 is 13.9 Å². The normalized spacial score (nSPS) is 14.2. The third kappa shape index (κ3) is 3.11. The van der Waals surface area contributed by atoms with Gasteiger partial charge in [-0.25, -0.2) is 8.78 Å². The van der Waals surface area contributed by atoms with Crippen LogP contribution < -0.4 is 0 Å². The molecule has 2 rings (SSSR count). The summed E-state index contributed by atoms with van der Waals surface area (Å²) in [7, 11) is 0. The Morgan fingerprint density at radius 2 is 1.84 bits per heavy atom. The molecule has 0 amide bonds. The van der Waals surface area contributed by atoms with Crippen LogP contribution in [0.3, 0.4) is 0 Å². The Morgan fingerprint density at radius 3 is 2.53 bits per heavy atom. The third-order valence-corrected chi connectivity index (χ3v) is 3.25. The van der Waals surface area contributed by atoms with E-state index in [4.69, 9.17) is 11.6 Å². The zero-order valence-corrected chi connectivity index (χ0v) is 11.1. The molecule has 0 saturated carbocycles. The lowest BCUT2D eigenvalue weighted by Crippen LogP contribution is -2.25. The smallest absolute Gasteiger partial charge is 0.162 e. The van der Waals surface area contributed by atoms with E-state index in [0.717, 1.165) is 6.07 Å². The summed E-state index contributed by atoms with van der Waals surface area (Å²) >= 11 is 5.87. The molecular formula is C15H13ClF2O. The molecule has 0 bridgehead atoms. The monoisotopic (exact) mass is 282 g/mol. The molecule has 2 aromatic rings. The first-order valence-corrected chi connectivity index (χ1v) is 6.19. The molecule has 0 spiro atoms. The zero-order chi connectivity index (χ0) is 14.0. The lowest BCUT2D eigenvalue weighted by molar-refractivity contribution is 0.0565. The van der Waals surface area contributed by atoms with Crippen LogP contribution >= 0.6 is 11.6 Å². The van der Waals surface area contributed by atoms with Crippen molar-refractivity contribution in [2.45, 2.75) is 18.9 Å². The Morgan fingerprint density at radius 1 is 1.16 bits per heavy atom. The first-order valence-electron chi connectivity index (χ1n) is 5.81. The van der Waals surface area contributed by atoms with E-state index in [1.165, 1.54) is 12.1 Å². The number of halogens is 3. The van der Waals surface area contributed by atoms with Crippen molar-refractivity contribution in [1.29, 1.82) is 0 Å². The largest absolute Gasteiger partial charge is 0.385 e. The van der Waals surface area contributed by atoms with Gasteiger partial charge in [-0.15, -0.1) is 0 Å². The van der Waals surface area contributed by atoms with Gasteiger partial charge in [-0.3, -0.25) is 0 Å². The van der Waals surface area contributed by atoms with E-state index >= 15 is 0 Å². The maximum atomic E-state index is 13.6. The van der Waals surface area contributed by atoms with Crippen LogP contribution in [0.25, 0.3) is 0 Å². The highest BCUT2D eigenvalue weighted by molar-refractivity contribution is 6.30. The molecule has 1 N–H and O–H groups in total. The minimum Gasteiger partial charge on any atom is -0.385 e. The molecule has 0 aromatic heterocycles. The van der Waals surface area contributed by atoms with Gasteiger partial charge in [-0.1, -0.05) is 35.9 Å². The van der Waals surface area contributed by atoms with E-state index in [-0.39, 0.29) is 12.0 Å². The van der Waals surface area contributed by atoms with Crippen LogP contribution in [-0.4, -0.2) is 5.11 Å². The summed E-state index contributed by atoms with van der Waals surface area (Å²) in [6, 6.07) is 10.6. The van der Waals surface area contributed by atoms with Crippen molar-refractivity contribution in [2.75, 3.05) is 0 Å². The molecule has 0 saturated heterocycles. The van der Waals surface area contributed by atoms with Crippen LogP contribution in [0.1, 0.15) is 18.1 Å². The van der Waals surface area contributed by atoms with E-state index in [2.05, 4.69) is 0 Å².